The summed E-state index contributed by atoms with van der Waals surface area (Å²) in [4.78, 5) is 14.8. The van der Waals surface area contributed by atoms with Crippen LogP contribution in [0.4, 0.5) is 8.78 Å². The number of halogens is 2. The number of hydrogen-bond acceptors (Lipinski definition) is 4. The van der Waals surface area contributed by atoms with Crippen molar-refractivity contribution in [3.8, 4) is 0 Å². The topological polar surface area (TPSA) is 91.8 Å². The lowest BCUT2D eigenvalue weighted by Gasteiger charge is -2.10. The molecule has 0 aliphatic heterocycles. The van der Waals surface area contributed by atoms with Gasteiger partial charge in [0, 0.05) is 12.6 Å². The average molecular weight is 240 g/mol. The highest BCUT2D eigenvalue weighted by atomic mass is 19.3. The van der Waals surface area contributed by atoms with Gasteiger partial charge in [-0.1, -0.05) is 0 Å². The van der Waals surface area contributed by atoms with Crippen molar-refractivity contribution in [2.45, 2.75) is 17.8 Å². The minimum Gasteiger partial charge on any atom is -0.480 e. The van der Waals surface area contributed by atoms with Gasteiger partial charge in [0.05, 0.1) is 0 Å². The molecule has 0 saturated heterocycles. The molecule has 8 heteroatoms. The van der Waals surface area contributed by atoms with Crippen molar-refractivity contribution in [3.05, 3.63) is 17.8 Å². The van der Waals surface area contributed by atoms with Crippen LogP contribution in [0.2, 0.25) is 0 Å². The highest BCUT2D eigenvalue weighted by molar-refractivity contribution is 5.88. The van der Waals surface area contributed by atoms with Gasteiger partial charge in [0.25, 0.3) is 5.92 Å². The van der Waals surface area contributed by atoms with E-state index in [-0.39, 0.29) is 16.7 Å². The Balaban J connectivity index is 2.17. The predicted octanol–water partition coefficient (Wildman–Crippen LogP) is 0.714. The summed E-state index contributed by atoms with van der Waals surface area (Å²) in [6, 6.07) is 1.28. The van der Waals surface area contributed by atoms with E-state index in [0.29, 0.717) is 0 Å². The van der Waals surface area contributed by atoms with E-state index >= 15 is 0 Å². The van der Waals surface area contributed by atoms with E-state index in [1.54, 1.807) is 0 Å². The van der Waals surface area contributed by atoms with Crippen LogP contribution in [0.5, 0.6) is 0 Å². The van der Waals surface area contributed by atoms with Crippen LogP contribution in [0.15, 0.2) is 12.3 Å². The molecule has 0 amide bonds. The normalized spacial score (nSPS) is 26.0. The smallest absolute Gasteiger partial charge is 0.320 e. The molecular formula is C9H6F2N4O2. The maximum Gasteiger partial charge on any atom is 0.320 e. The summed E-state index contributed by atoms with van der Waals surface area (Å²) in [6.07, 6.45) is 0.403. The van der Waals surface area contributed by atoms with Gasteiger partial charge in [-0.25, -0.2) is 13.8 Å². The van der Waals surface area contributed by atoms with Crippen molar-refractivity contribution < 1.29 is 18.7 Å². The Bertz CT molecular complexity index is 626. The van der Waals surface area contributed by atoms with Crippen LogP contribution in [-0.4, -0.2) is 37.4 Å². The van der Waals surface area contributed by atoms with Crippen LogP contribution in [0, 0.1) is 0 Å². The number of carboxylic acids is 1. The molecule has 2 aromatic rings. The van der Waals surface area contributed by atoms with E-state index in [1.165, 1.54) is 6.07 Å². The number of fused-ring (bicyclic) bond motifs is 1. The Labute approximate surface area is 92.7 Å². The number of carbonyl (C=O) groups is 1. The second kappa shape index (κ2) is 2.76. The number of pyridine rings is 1. The average Bonchev–Trinajstić information content (AvgIpc) is 2.67. The zero-order valence-corrected chi connectivity index (χ0v) is 8.31. The number of alkyl halides is 2. The van der Waals surface area contributed by atoms with E-state index < -0.39 is 23.7 Å². The van der Waals surface area contributed by atoms with Crippen LogP contribution < -0.4 is 0 Å². The third-order valence-corrected chi connectivity index (χ3v) is 3.02. The molecule has 17 heavy (non-hydrogen) atoms. The molecule has 2 N–H and O–H groups in total. The van der Waals surface area contributed by atoms with Crippen molar-refractivity contribution in [3.63, 3.8) is 0 Å². The highest BCUT2D eigenvalue weighted by Gasteiger charge is 2.77. The fourth-order valence-electron chi connectivity index (χ4n) is 1.93. The summed E-state index contributed by atoms with van der Waals surface area (Å²) in [5.74, 6) is -4.79. The second-order valence-electron chi connectivity index (χ2n) is 3.98. The molecule has 88 valence electrons. The first-order valence-electron chi connectivity index (χ1n) is 4.76. The molecule has 0 spiro atoms. The van der Waals surface area contributed by atoms with Gasteiger partial charge in [0.15, 0.2) is 5.41 Å². The Kier molecular flexibility index (Phi) is 1.63. The fourth-order valence-corrected chi connectivity index (χ4v) is 1.93. The maximum absolute atomic E-state index is 13.3. The number of aliphatic carboxylic acids is 1. The number of nitrogens with zero attached hydrogens (tertiary/aromatic N) is 3. The minimum absolute atomic E-state index is 0.0450. The fraction of sp³-hybridized carbons (Fsp3) is 0.333. The number of carboxylic acid groups (broad SMARTS) is 1. The van der Waals surface area contributed by atoms with Gasteiger partial charge in [-0.05, 0) is 11.6 Å². The SMILES string of the molecule is O=C(O)C1(c2cnc3n[nH]nc3c2)CC1(F)F. The predicted molar refractivity (Wildman–Crippen MR) is 50.6 cm³/mol. The van der Waals surface area contributed by atoms with E-state index in [1.807, 2.05) is 0 Å². The largest absolute Gasteiger partial charge is 0.480 e. The molecule has 1 aliphatic carbocycles. The lowest BCUT2D eigenvalue weighted by Crippen LogP contribution is -2.27. The summed E-state index contributed by atoms with van der Waals surface area (Å²) in [5, 5.41) is 18.6. The van der Waals surface area contributed by atoms with Gasteiger partial charge in [-0.15, -0.1) is 5.10 Å². The van der Waals surface area contributed by atoms with E-state index in [0.717, 1.165) is 6.20 Å². The molecule has 1 fully saturated rings. The van der Waals surface area contributed by atoms with Crippen molar-refractivity contribution in [2.24, 2.45) is 0 Å². The van der Waals surface area contributed by atoms with Crippen LogP contribution in [0.3, 0.4) is 0 Å². The molecule has 6 nitrogen and oxygen atoms in total. The van der Waals surface area contributed by atoms with Crippen LogP contribution in [-0.2, 0) is 10.2 Å². The zero-order chi connectivity index (χ0) is 12.3. The summed E-state index contributed by atoms with van der Waals surface area (Å²) in [5.41, 5.74) is -1.67. The molecule has 1 saturated carbocycles. The third kappa shape index (κ3) is 1.12. The highest BCUT2D eigenvalue weighted by Crippen LogP contribution is 2.61. The van der Waals surface area contributed by atoms with Gasteiger partial charge < -0.3 is 5.11 Å². The zero-order valence-electron chi connectivity index (χ0n) is 8.31. The lowest BCUT2D eigenvalue weighted by molar-refractivity contribution is -0.142. The van der Waals surface area contributed by atoms with E-state index in [2.05, 4.69) is 20.4 Å². The standard InChI is InChI=1S/C9H6F2N4O2/c10-9(11)3-8(9,7(16)17)4-1-5-6(12-2-4)14-15-13-5/h1-2H,3H2,(H,16,17)(H,12,13,14,15). The molecule has 1 atom stereocenters. The third-order valence-electron chi connectivity index (χ3n) is 3.02. The van der Waals surface area contributed by atoms with Crippen molar-refractivity contribution >= 4 is 17.1 Å². The van der Waals surface area contributed by atoms with Gasteiger partial charge in [0.2, 0.25) is 5.65 Å². The van der Waals surface area contributed by atoms with E-state index in [4.69, 9.17) is 5.11 Å². The molecule has 3 rings (SSSR count). The van der Waals surface area contributed by atoms with Crippen molar-refractivity contribution in [1.82, 2.24) is 20.4 Å². The minimum atomic E-state index is -3.24. The number of aromatic nitrogens is 4. The summed E-state index contributed by atoms with van der Waals surface area (Å²) < 4.78 is 26.5. The van der Waals surface area contributed by atoms with Crippen LogP contribution in [0.1, 0.15) is 12.0 Å². The molecular weight excluding hydrogens is 234 g/mol. The molecule has 1 unspecified atom stereocenters. The van der Waals surface area contributed by atoms with Gasteiger partial charge in [0.1, 0.15) is 5.52 Å². The van der Waals surface area contributed by atoms with Crippen molar-refractivity contribution in [1.29, 1.82) is 0 Å². The number of nitrogens with one attached hydrogen (secondary N) is 1. The maximum atomic E-state index is 13.3. The quantitative estimate of drug-likeness (QED) is 0.806. The number of hydrogen-bond donors (Lipinski definition) is 2. The number of aromatic amines is 1. The monoisotopic (exact) mass is 240 g/mol. The van der Waals surface area contributed by atoms with E-state index in [9.17, 15) is 13.6 Å². The van der Waals surface area contributed by atoms with Gasteiger partial charge in [-0.2, -0.15) is 10.3 Å². The van der Waals surface area contributed by atoms with Gasteiger partial charge >= 0.3 is 5.97 Å². The van der Waals surface area contributed by atoms with Crippen LogP contribution >= 0.6 is 0 Å². The molecule has 0 bridgehead atoms. The Morgan fingerprint density at radius 1 is 1.47 bits per heavy atom. The first-order valence-corrected chi connectivity index (χ1v) is 4.76. The molecule has 2 heterocycles. The Hall–Kier alpha value is -2.12. The lowest BCUT2D eigenvalue weighted by atomic mass is 9.97. The first kappa shape index (κ1) is 10.1. The van der Waals surface area contributed by atoms with Gasteiger partial charge in [-0.3, -0.25) is 4.79 Å². The molecule has 1 aliphatic rings. The summed E-state index contributed by atoms with van der Waals surface area (Å²) >= 11 is 0. The summed E-state index contributed by atoms with van der Waals surface area (Å²) in [6.45, 7) is 0. The Morgan fingerprint density at radius 2 is 2.18 bits per heavy atom. The molecule has 0 aromatic carbocycles. The van der Waals surface area contributed by atoms with Crippen molar-refractivity contribution in [2.75, 3.05) is 0 Å². The number of rotatable bonds is 2. The summed E-state index contributed by atoms with van der Waals surface area (Å²) in [7, 11) is 0. The Morgan fingerprint density at radius 3 is 2.76 bits per heavy atom. The number of H-pyrrole nitrogens is 1. The second-order valence-corrected chi connectivity index (χ2v) is 3.98. The molecule has 2 aromatic heterocycles. The molecule has 0 radical (unpaired) electrons. The van der Waals surface area contributed by atoms with Crippen LogP contribution in [0.25, 0.3) is 11.2 Å². The first-order chi connectivity index (χ1) is 7.97.